The molecule has 17 heavy (non-hydrogen) atoms. The number of hydrogen-bond donors (Lipinski definition) is 2. The van der Waals surface area contributed by atoms with Crippen LogP contribution in [0.4, 0.5) is 11.8 Å². The maximum atomic E-state index is 5.81. The van der Waals surface area contributed by atoms with Crippen LogP contribution >= 0.6 is 11.6 Å². The number of methoxy groups -OCH3 is 1. The van der Waals surface area contributed by atoms with Crippen molar-refractivity contribution in [3.63, 3.8) is 0 Å². The molecule has 3 N–H and O–H groups in total. The zero-order valence-corrected chi connectivity index (χ0v) is 10.6. The Kier molecular flexibility index (Phi) is 3.69. The molecule has 0 unspecified atom stereocenters. The molecule has 0 radical (unpaired) electrons. The summed E-state index contributed by atoms with van der Waals surface area (Å²) in [6.45, 7) is 1.68. The van der Waals surface area contributed by atoms with Crippen molar-refractivity contribution in [3.05, 3.63) is 11.2 Å². The highest BCUT2D eigenvalue weighted by molar-refractivity contribution is 6.29. The van der Waals surface area contributed by atoms with Crippen LogP contribution in [0.5, 0.6) is 0 Å². The summed E-state index contributed by atoms with van der Waals surface area (Å²) in [5.74, 6) is 0.882. The van der Waals surface area contributed by atoms with Gasteiger partial charge in [-0.15, -0.1) is 0 Å². The number of hydrogen-bond acceptors (Lipinski definition) is 5. The molecule has 5 nitrogen and oxygen atoms in total. The Labute approximate surface area is 106 Å². The SMILES string of the molecule is COCCC1(CNc2cc(Cl)nc(N)n2)CC1. The molecule has 0 amide bonds. The number of nitrogens with one attached hydrogen (secondary N) is 1. The minimum absolute atomic E-state index is 0.196. The standard InChI is InChI=1S/C11H17ClN4O/c1-17-5-4-11(2-3-11)7-14-9-6-8(12)15-10(13)16-9/h6H,2-5,7H2,1H3,(H3,13,14,15,16). The van der Waals surface area contributed by atoms with E-state index < -0.39 is 0 Å². The van der Waals surface area contributed by atoms with Crippen molar-refractivity contribution in [2.24, 2.45) is 5.41 Å². The first-order valence-corrected chi connectivity index (χ1v) is 6.04. The van der Waals surface area contributed by atoms with Crippen LogP contribution in [0.2, 0.25) is 5.15 Å². The number of nitrogens with two attached hydrogens (primary N) is 1. The third-order valence-corrected chi connectivity index (χ3v) is 3.34. The Hall–Kier alpha value is -1.07. The van der Waals surface area contributed by atoms with Crippen LogP contribution in [0.1, 0.15) is 19.3 Å². The lowest BCUT2D eigenvalue weighted by molar-refractivity contribution is 0.175. The number of anilines is 2. The van der Waals surface area contributed by atoms with Gasteiger partial charge in [0.05, 0.1) is 0 Å². The highest BCUT2D eigenvalue weighted by Crippen LogP contribution is 2.48. The van der Waals surface area contributed by atoms with Crippen LogP contribution in [0, 0.1) is 5.41 Å². The summed E-state index contributed by atoms with van der Waals surface area (Å²) in [5.41, 5.74) is 5.89. The number of halogens is 1. The van der Waals surface area contributed by atoms with E-state index in [4.69, 9.17) is 22.1 Å². The van der Waals surface area contributed by atoms with Gasteiger partial charge in [0.1, 0.15) is 11.0 Å². The summed E-state index contributed by atoms with van der Waals surface area (Å²) in [4.78, 5) is 7.90. The third-order valence-electron chi connectivity index (χ3n) is 3.15. The highest BCUT2D eigenvalue weighted by atomic mass is 35.5. The quantitative estimate of drug-likeness (QED) is 0.761. The molecule has 0 bridgehead atoms. The van der Waals surface area contributed by atoms with E-state index in [2.05, 4.69) is 15.3 Å². The van der Waals surface area contributed by atoms with Crippen LogP contribution < -0.4 is 11.1 Å². The number of nitrogen functional groups attached to an aromatic ring is 1. The Bertz CT molecular complexity index is 375. The summed E-state index contributed by atoms with van der Waals surface area (Å²) >= 11 is 5.81. The van der Waals surface area contributed by atoms with Crippen molar-refractivity contribution in [2.75, 3.05) is 31.3 Å². The first-order chi connectivity index (χ1) is 8.13. The summed E-state index contributed by atoms with van der Waals surface area (Å²) in [5, 5.41) is 3.63. The Morgan fingerprint density at radius 2 is 2.29 bits per heavy atom. The normalized spacial score (nSPS) is 16.8. The third kappa shape index (κ3) is 3.44. The molecule has 1 aliphatic rings. The van der Waals surface area contributed by atoms with Gasteiger partial charge in [-0.3, -0.25) is 0 Å². The van der Waals surface area contributed by atoms with Crippen LogP contribution in [0.25, 0.3) is 0 Å². The van der Waals surface area contributed by atoms with Gasteiger partial charge < -0.3 is 15.8 Å². The monoisotopic (exact) mass is 256 g/mol. The number of rotatable bonds is 6. The maximum absolute atomic E-state index is 5.81. The Morgan fingerprint density at radius 1 is 1.53 bits per heavy atom. The van der Waals surface area contributed by atoms with E-state index in [9.17, 15) is 0 Å². The van der Waals surface area contributed by atoms with Gasteiger partial charge in [-0.2, -0.15) is 4.98 Å². The molecule has 94 valence electrons. The zero-order chi connectivity index (χ0) is 12.3. The minimum atomic E-state index is 0.196. The second-order valence-corrected chi connectivity index (χ2v) is 4.92. The zero-order valence-electron chi connectivity index (χ0n) is 9.87. The van der Waals surface area contributed by atoms with Gasteiger partial charge in [-0.05, 0) is 24.7 Å². The van der Waals surface area contributed by atoms with E-state index in [1.807, 2.05) is 0 Å². The highest BCUT2D eigenvalue weighted by Gasteiger charge is 2.41. The summed E-state index contributed by atoms with van der Waals surface area (Å²) in [6.07, 6.45) is 3.54. The van der Waals surface area contributed by atoms with Gasteiger partial charge in [0, 0.05) is 26.3 Å². The van der Waals surface area contributed by atoms with E-state index in [1.54, 1.807) is 13.2 Å². The largest absolute Gasteiger partial charge is 0.385 e. The average Bonchev–Trinajstić information content (AvgIpc) is 3.03. The van der Waals surface area contributed by atoms with E-state index in [0.717, 1.165) is 19.6 Å². The molecule has 1 fully saturated rings. The molecule has 1 saturated carbocycles. The van der Waals surface area contributed by atoms with Gasteiger partial charge >= 0.3 is 0 Å². The van der Waals surface area contributed by atoms with E-state index in [1.165, 1.54) is 12.8 Å². The van der Waals surface area contributed by atoms with Crippen LogP contribution in [-0.4, -0.2) is 30.2 Å². The number of nitrogens with zero attached hydrogens (tertiary/aromatic N) is 2. The molecule has 0 aliphatic heterocycles. The second-order valence-electron chi connectivity index (χ2n) is 4.53. The Morgan fingerprint density at radius 3 is 2.88 bits per heavy atom. The topological polar surface area (TPSA) is 73.1 Å². The predicted molar refractivity (Wildman–Crippen MR) is 68.1 cm³/mol. The molecule has 0 spiro atoms. The summed E-state index contributed by atoms with van der Waals surface area (Å²) < 4.78 is 5.11. The summed E-state index contributed by atoms with van der Waals surface area (Å²) in [7, 11) is 1.73. The molecule has 0 aromatic carbocycles. The molecule has 0 atom stereocenters. The molecule has 1 aliphatic carbocycles. The van der Waals surface area contributed by atoms with Crippen LogP contribution in [-0.2, 0) is 4.74 Å². The van der Waals surface area contributed by atoms with Crippen LogP contribution in [0.15, 0.2) is 6.07 Å². The van der Waals surface area contributed by atoms with Crippen molar-refractivity contribution < 1.29 is 4.74 Å². The smallest absolute Gasteiger partial charge is 0.223 e. The fourth-order valence-electron chi connectivity index (χ4n) is 1.81. The molecular weight excluding hydrogens is 240 g/mol. The molecule has 2 rings (SSSR count). The van der Waals surface area contributed by atoms with Gasteiger partial charge in [0.2, 0.25) is 5.95 Å². The van der Waals surface area contributed by atoms with Crippen molar-refractivity contribution in [3.8, 4) is 0 Å². The second kappa shape index (κ2) is 5.06. The fourth-order valence-corrected chi connectivity index (χ4v) is 2.00. The fraction of sp³-hybridized carbons (Fsp3) is 0.636. The molecule has 0 saturated heterocycles. The lowest BCUT2D eigenvalue weighted by Crippen LogP contribution is -2.18. The van der Waals surface area contributed by atoms with Gasteiger partial charge in [-0.1, -0.05) is 11.6 Å². The van der Waals surface area contributed by atoms with Crippen molar-refractivity contribution >= 4 is 23.4 Å². The summed E-state index contributed by atoms with van der Waals surface area (Å²) in [6, 6.07) is 1.68. The molecule has 6 heteroatoms. The number of aromatic nitrogens is 2. The van der Waals surface area contributed by atoms with Gasteiger partial charge in [0.25, 0.3) is 0 Å². The average molecular weight is 257 g/mol. The van der Waals surface area contributed by atoms with Gasteiger partial charge in [0.15, 0.2) is 0 Å². The maximum Gasteiger partial charge on any atom is 0.223 e. The van der Waals surface area contributed by atoms with Crippen LogP contribution in [0.3, 0.4) is 0 Å². The Balaban J connectivity index is 1.89. The molecular formula is C11H17ClN4O. The minimum Gasteiger partial charge on any atom is -0.385 e. The van der Waals surface area contributed by atoms with E-state index >= 15 is 0 Å². The van der Waals surface area contributed by atoms with Crippen molar-refractivity contribution in [1.82, 2.24) is 9.97 Å². The lowest BCUT2D eigenvalue weighted by Gasteiger charge is -2.15. The molecule has 1 aromatic rings. The van der Waals surface area contributed by atoms with E-state index in [0.29, 0.717) is 16.4 Å². The first kappa shape index (κ1) is 12.4. The van der Waals surface area contributed by atoms with Crippen molar-refractivity contribution in [1.29, 1.82) is 0 Å². The molecule has 1 heterocycles. The van der Waals surface area contributed by atoms with Crippen molar-refractivity contribution in [2.45, 2.75) is 19.3 Å². The lowest BCUT2D eigenvalue weighted by atomic mass is 10.0. The first-order valence-electron chi connectivity index (χ1n) is 5.66. The predicted octanol–water partition coefficient (Wildman–Crippen LogP) is 1.94. The van der Waals surface area contributed by atoms with E-state index in [-0.39, 0.29) is 5.95 Å². The number of ether oxygens (including phenoxy) is 1. The molecule has 1 aromatic heterocycles. The van der Waals surface area contributed by atoms with Gasteiger partial charge in [-0.25, -0.2) is 4.98 Å².